The number of amides is 1. The highest BCUT2D eigenvalue weighted by molar-refractivity contribution is 6.17. The number of alkyl halides is 3. The number of hydrogen-bond acceptors (Lipinski definition) is 2. The van der Waals surface area contributed by atoms with Gasteiger partial charge in [-0.25, -0.2) is 0 Å². The van der Waals surface area contributed by atoms with Crippen LogP contribution in [-0.2, 0) is 0 Å². The van der Waals surface area contributed by atoms with Crippen molar-refractivity contribution in [2.45, 2.75) is 32.9 Å². The first-order chi connectivity index (χ1) is 9.45. The lowest BCUT2D eigenvalue weighted by atomic mass is 10.0. The number of halogens is 3. The molecule has 0 aliphatic heterocycles. The minimum atomic E-state index is -2.97. The minimum Gasteiger partial charge on any atom is -0.434 e. The van der Waals surface area contributed by atoms with Crippen molar-refractivity contribution < 1.29 is 18.3 Å². The first-order valence-corrected chi connectivity index (χ1v) is 6.89. The molecule has 1 aromatic carbocycles. The first kappa shape index (κ1) is 16.7. The molecule has 1 amide bonds. The predicted molar refractivity (Wildman–Crippen MR) is 74.5 cm³/mol. The van der Waals surface area contributed by atoms with Crippen molar-refractivity contribution in [3.05, 3.63) is 29.8 Å². The van der Waals surface area contributed by atoms with Crippen LogP contribution in [0.15, 0.2) is 24.3 Å². The maximum Gasteiger partial charge on any atom is 0.387 e. The number of nitrogens with one attached hydrogen (secondary N) is 1. The molecule has 0 aliphatic carbocycles. The van der Waals surface area contributed by atoms with Crippen LogP contribution in [0.1, 0.15) is 30.6 Å². The van der Waals surface area contributed by atoms with Crippen LogP contribution in [0, 0.1) is 5.92 Å². The fourth-order valence-electron chi connectivity index (χ4n) is 1.79. The number of ether oxygens (including phenoxy) is 1. The van der Waals surface area contributed by atoms with E-state index in [1.54, 1.807) is 6.07 Å². The lowest BCUT2D eigenvalue weighted by molar-refractivity contribution is -0.0501. The maximum atomic E-state index is 12.3. The predicted octanol–water partition coefficient (Wildman–Crippen LogP) is 3.67. The van der Waals surface area contributed by atoms with Crippen LogP contribution in [0.4, 0.5) is 8.78 Å². The van der Waals surface area contributed by atoms with E-state index in [2.05, 4.69) is 10.1 Å². The number of rotatable bonds is 7. The van der Waals surface area contributed by atoms with Gasteiger partial charge in [-0.05, 0) is 24.5 Å². The molecule has 0 aliphatic rings. The van der Waals surface area contributed by atoms with Gasteiger partial charge in [0, 0.05) is 11.9 Å². The summed E-state index contributed by atoms with van der Waals surface area (Å²) in [5.41, 5.74) is 0.0908. The van der Waals surface area contributed by atoms with Gasteiger partial charge < -0.3 is 10.1 Å². The van der Waals surface area contributed by atoms with Gasteiger partial charge in [-0.1, -0.05) is 26.0 Å². The molecule has 3 nitrogen and oxygen atoms in total. The third-order valence-corrected chi connectivity index (χ3v) is 3.11. The molecule has 0 saturated heterocycles. The van der Waals surface area contributed by atoms with Crippen LogP contribution >= 0.6 is 11.6 Å². The van der Waals surface area contributed by atoms with Crippen LogP contribution in [0.5, 0.6) is 5.75 Å². The number of carbonyl (C=O) groups excluding carboxylic acids is 1. The molecule has 0 saturated carbocycles. The molecule has 0 heterocycles. The Labute approximate surface area is 122 Å². The minimum absolute atomic E-state index is 0.0908. The molecule has 6 heteroatoms. The van der Waals surface area contributed by atoms with Crippen LogP contribution in [-0.4, -0.2) is 24.4 Å². The van der Waals surface area contributed by atoms with E-state index in [4.69, 9.17) is 11.6 Å². The van der Waals surface area contributed by atoms with Gasteiger partial charge in [0.15, 0.2) is 0 Å². The van der Waals surface area contributed by atoms with Crippen molar-refractivity contribution in [1.82, 2.24) is 5.32 Å². The molecule has 1 rings (SSSR count). The summed E-state index contributed by atoms with van der Waals surface area (Å²) in [7, 11) is 0. The standard InChI is InChI=1S/C14H18ClF2NO2/c1-9(2)11(7-8-15)18-13(19)10-5-3-4-6-12(10)20-14(16)17/h3-6,9,11,14H,7-8H2,1-2H3,(H,18,19). The average molecular weight is 306 g/mol. The second-order valence-electron chi connectivity index (χ2n) is 4.68. The summed E-state index contributed by atoms with van der Waals surface area (Å²) in [6.45, 7) is 0.950. The summed E-state index contributed by atoms with van der Waals surface area (Å²) in [4.78, 5) is 12.2. The highest BCUT2D eigenvalue weighted by Crippen LogP contribution is 2.21. The van der Waals surface area contributed by atoms with Gasteiger partial charge in [0.05, 0.1) is 5.56 Å². The normalized spacial score (nSPS) is 12.6. The molecule has 1 atom stereocenters. The monoisotopic (exact) mass is 305 g/mol. The lowest BCUT2D eigenvalue weighted by Crippen LogP contribution is -2.39. The van der Waals surface area contributed by atoms with E-state index in [-0.39, 0.29) is 23.3 Å². The SMILES string of the molecule is CC(C)C(CCCl)NC(=O)c1ccccc1OC(F)F. The number of carbonyl (C=O) groups is 1. The molecule has 1 aromatic rings. The van der Waals surface area contributed by atoms with Gasteiger partial charge in [0.2, 0.25) is 0 Å². The Morgan fingerprint density at radius 1 is 1.35 bits per heavy atom. The van der Waals surface area contributed by atoms with E-state index in [1.165, 1.54) is 18.2 Å². The zero-order chi connectivity index (χ0) is 15.1. The summed E-state index contributed by atoms with van der Waals surface area (Å²) in [6.07, 6.45) is 0.614. The fraction of sp³-hybridized carbons (Fsp3) is 0.500. The van der Waals surface area contributed by atoms with Crippen molar-refractivity contribution in [2.75, 3.05) is 5.88 Å². The summed E-state index contributed by atoms with van der Waals surface area (Å²) < 4.78 is 29.0. The van der Waals surface area contributed by atoms with Gasteiger partial charge in [-0.2, -0.15) is 8.78 Å². The zero-order valence-electron chi connectivity index (χ0n) is 11.4. The molecule has 1 unspecified atom stereocenters. The van der Waals surface area contributed by atoms with E-state index in [0.29, 0.717) is 12.3 Å². The topological polar surface area (TPSA) is 38.3 Å². The smallest absolute Gasteiger partial charge is 0.387 e. The summed E-state index contributed by atoms with van der Waals surface area (Å²) in [6, 6.07) is 5.81. The van der Waals surface area contributed by atoms with Crippen LogP contribution in [0.2, 0.25) is 0 Å². The number of hydrogen-bond donors (Lipinski definition) is 1. The van der Waals surface area contributed by atoms with Crippen LogP contribution in [0.25, 0.3) is 0 Å². The quantitative estimate of drug-likeness (QED) is 0.781. The molecule has 1 N–H and O–H groups in total. The van der Waals surface area contributed by atoms with E-state index in [9.17, 15) is 13.6 Å². The Hall–Kier alpha value is -1.36. The molecular formula is C14H18ClF2NO2. The average Bonchev–Trinajstić information content (AvgIpc) is 2.37. The summed E-state index contributed by atoms with van der Waals surface area (Å²) >= 11 is 5.69. The highest BCUT2D eigenvalue weighted by atomic mass is 35.5. The van der Waals surface area contributed by atoms with Crippen molar-refractivity contribution in [1.29, 1.82) is 0 Å². The van der Waals surface area contributed by atoms with Crippen molar-refractivity contribution in [2.24, 2.45) is 5.92 Å². The van der Waals surface area contributed by atoms with Gasteiger partial charge >= 0.3 is 6.61 Å². The Kier molecular flexibility index (Phi) is 6.71. The van der Waals surface area contributed by atoms with Crippen molar-refractivity contribution in [3.8, 4) is 5.75 Å². The third kappa shape index (κ3) is 4.96. The van der Waals surface area contributed by atoms with Crippen molar-refractivity contribution in [3.63, 3.8) is 0 Å². The van der Waals surface area contributed by atoms with E-state index < -0.39 is 12.5 Å². The van der Waals surface area contributed by atoms with Gasteiger partial charge in [-0.15, -0.1) is 11.6 Å². The zero-order valence-corrected chi connectivity index (χ0v) is 12.2. The van der Waals surface area contributed by atoms with Gasteiger partial charge in [0.1, 0.15) is 5.75 Å². The van der Waals surface area contributed by atoms with Gasteiger partial charge in [0.25, 0.3) is 5.91 Å². The Bertz CT molecular complexity index is 441. The third-order valence-electron chi connectivity index (χ3n) is 2.89. The number of para-hydroxylation sites is 1. The first-order valence-electron chi connectivity index (χ1n) is 6.36. The Morgan fingerprint density at radius 3 is 2.55 bits per heavy atom. The number of benzene rings is 1. The van der Waals surface area contributed by atoms with Crippen LogP contribution in [0.3, 0.4) is 0 Å². The molecular weight excluding hydrogens is 288 g/mol. The van der Waals surface area contributed by atoms with E-state index in [1.807, 2.05) is 13.8 Å². The molecule has 0 bridgehead atoms. The Balaban J connectivity index is 2.85. The fourth-order valence-corrected chi connectivity index (χ4v) is 2.02. The second kappa shape index (κ2) is 8.04. The molecule has 0 fully saturated rings. The van der Waals surface area contributed by atoms with Gasteiger partial charge in [-0.3, -0.25) is 4.79 Å². The van der Waals surface area contributed by atoms with E-state index >= 15 is 0 Å². The molecule has 0 spiro atoms. The molecule has 112 valence electrons. The molecule has 0 aromatic heterocycles. The highest BCUT2D eigenvalue weighted by Gasteiger charge is 2.20. The second-order valence-corrected chi connectivity index (χ2v) is 5.05. The van der Waals surface area contributed by atoms with Crippen molar-refractivity contribution >= 4 is 17.5 Å². The Morgan fingerprint density at radius 2 is 2.00 bits per heavy atom. The summed E-state index contributed by atoms with van der Waals surface area (Å²) in [5.74, 6) is 0.0394. The molecule has 20 heavy (non-hydrogen) atoms. The molecule has 0 radical (unpaired) electrons. The summed E-state index contributed by atoms with van der Waals surface area (Å²) in [5, 5.41) is 2.80. The lowest BCUT2D eigenvalue weighted by Gasteiger charge is -2.22. The van der Waals surface area contributed by atoms with E-state index in [0.717, 1.165) is 0 Å². The van der Waals surface area contributed by atoms with Crippen LogP contribution < -0.4 is 10.1 Å². The maximum absolute atomic E-state index is 12.3. The largest absolute Gasteiger partial charge is 0.434 e.